The van der Waals surface area contributed by atoms with E-state index >= 15 is 0 Å². The van der Waals surface area contributed by atoms with Crippen molar-refractivity contribution >= 4 is 80.0 Å². The number of hydrogen-bond acceptors (Lipinski definition) is 10. The Morgan fingerprint density at radius 2 is 1.46 bits per heavy atom. The van der Waals surface area contributed by atoms with Gasteiger partial charge in [-0.05, 0) is 106 Å². The van der Waals surface area contributed by atoms with Gasteiger partial charge in [0.2, 0.25) is 11.8 Å². The molecule has 3 N–H and O–H groups in total. The number of fused-ring (bicyclic) bond motifs is 1. The van der Waals surface area contributed by atoms with Gasteiger partial charge in [-0.3, -0.25) is 43.8 Å². The van der Waals surface area contributed by atoms with Crippen molar-refractivity contribution in [3.8, 4) is 0 Å². The fourth-order valence-corrected chi connectivity index (χ4v) is 10.8. The number of benzene rings is 3. The van der Waals surface area contributed by atoms with Crippen LogP contribution < -0.4 is 20.3 Å². The van der Waals surface area contributed by atoms with E-state index in [1.165, 1.54) is 22.5 Å². The van der Waals surface area contributed by atoms with Gasteiger partial charge in [-0.2, -0.15) is 25.9 Å². The third kappa shape index (κ3) is 9.68. The zero-order chi connectivity index (χ0) is 44.8. The van der Waals surface area contributed by atoms with E-state index in [2.05, 4.69) is 30.1 Å². The number of nitrogens with zero attached hydrogens (tertiary/aromatic N) is 5. The van der Waals surface area contributed by atoms with Crippen LogP contribution in [0.2, 0.25) is 10.0 Å². The minimum absolute atomic E-state index is 0.0527. The molecule has 15 nitrogen and oxygen atoms in total. The fraction of sp³-hybridized carbons (Fsp3) is 0.452. The number of rotatable bonds is 10. The summed E-state index contributed by atoms with van der Waals surface area (Å²) in [5.41, 5.74) is 0.0921. The quantitative estimate of drug-likeness (QED) is 0.226. The predicted octanol–water partition coefficient (Wildman–Crippen LogP) is 5.32. The molecular formula is C42H45Cl2F3N8O7S. The molecule has 21 heteroatoms. The highest BCUT2D eigenvalue weighted by molar-refractivity contribution is 7.90. The van der Waals surface area contributed by atoms with E-state index in [0.29, 0.717) is 24.8 Å². The predicted molar refractivity (Wildman–Crippen MR) is 229 cm³/mol. The summed E-state index contributed by atoms with van der Waals surface area (Å²) in [6, 6.07) is 10.9. The van der Waals surface area contributed by atoms with E-state index in [9.17, 15) is 45.6 Å². The molecule has 0 bridgehead atoms. The standard InChI is InChI=1S/C42H45Cl2F3N8O7S/c43-27-2-6-34(32(22-27)38(57)48-35-5-1-26(21-33(35)44)42(45,46)47)50-63(61,62)54-15-11-28(12-16-54)52-13-9-25(10-14-52)24-51-17-19-53(20-18-51)29-3-4-30-31(23-29)41(60)55(40(30)59)36-7-8-37(56)49-39(36)58/h1-6,21-23,25,28,36,50H,7-20,24H2,(H,48,57)(H,49,56,58). The third-order valence-corrected chi connectivity index (χ3v) is 14.7. The Bertz CT molecular complexity index is 2440. The minimum Gasteiger partial charge on any atom is -0.369 e. The zero-order valence-electron chi connectivity index (χ0n) is 33.9. The first kappa shape index (κ1) is 44.8. The number of likely N-dealkylation sites (tertiary alicyclic amines) is 1. The summed E-state index contributed by atoms with van der Waals surface area (Å²) in [7, 11) is -4.10. The Hall–Kier alpha value is -4.79. The van der Waals surface area contributed by atoms with Gasteiger partial charge < -0.3 is 15.1 Å². The summed E-state index contributed by atoms with van der Waals surface area (Å²) >= 11 is 12.2. The fourth-order valence-electron chi connectivity index (χ4n) is 9.14. The largest absolute Gasteiger partial charge is 0.416 e. The highest BCUT2D eigenvalue weighted by Crippen LogP contribution is 2.35. The van der Waals surface area contributed by atoms with Crippen molar-refractivity contribution in [2.45, 2.75) is 56.8 Å². The van der Waals surface area contributed by atoms with E-state index in [4.69, 9.17) is 23.2 Å². The SMILES string of the molecule is O=C1CCC(N2C(=O)c3ccc(N4CCN(CC5CCN(C6CCN(S(=O)(=O)Nc7ccc(Cl)cc7C(=O)Nc7ccc(C(F)(F)F)cc7Cl)CC6)CC5)CC4)cc3C2=O)C(=O)N1. The molecule has 5 aliphatic rings. The summed E-state index contributed by atoms with van der Waals surface area (Å²) in [6.07, 6.45) is -1.16. The Morgan fingerprint density at radius 1 is 0.778 bits per heavy atom. The molecule has 0 aliphatic carbocycles. The smallest absolute Gasteiger partial charge is 0.369 e. The molecule has 3 aromatic rings. The number of piperidine rings is 3. The lowest BCUT2D eigenvalue weighted by atomic mass is 9.93. The normalized spacial score (nSPS) is 21.4. The number of imide groups is 2. The Morgan fingerprint density at radius 3 is 2.13 bits per heavy atom. The number of halogens is 5. The summed E-state index contributed by atoms with van der Waals surface area (Å²) in [5, 5.41) is 4.46. The van der Waals surface area contributed by atoms with Crippen molar-refractivity contribution in [3.63, 3.8) is 0 Å². The van der Waals surface area contributed by atoms with Gasteiger partial charge in [-0.25, -0.2) is 0 Å². The van der Waals surface area contributed by atoms with Gasteiger partial charge >= 0.3 is 16.4 Å². The second kappa shape index (κ2) is 18.0. The molecule has 0 spiro atoms. The molecule has 0 aromatic heterocycles. The molecule has 4 saturated heterocycles. The topological polar surface area (TPSA) is 172 Å². The second-order valence-corrected chi connectivity index (χ2v) is 19.0. The lowest BCUT2D eigenvalue weighted by Crippen LogP contribution is -2.54. The van der Waals surface area contributed by atoms with Gasteiger partial charge in [0.15, 0.2) is 0 Å². The van der Waals surface area contributed by atoms with E-state index < -0.39 is 57.5 Å². The lowest BCUT2D eigenvalue weighted by Gasteiger charge is -2.43. The Kier molecular flexibility index (Phi) is 12.8. The van der Waals surface area contributed by atoms with Crippen LogP contribution in [0.15, 0.2) is 54.6 Å². The molecule has 3 aromatic carbocycles. The van der Waals surface area contributed by atoms with E-state index in [1.54, 1.807) is 12.1 Å². The number of amides is 5. The molecule has 0 saturated carbocycles. The number of carbonyl (C=O) groups is 5. The van der Waals surface area contributed by atoms with E-state index in [0.717, 1.165) is 81.4 Å². The summed E-state index contributed by atoms with van der Waals surface area (Å²) in [6.45, 7) is 6.49. The Balaban J connectivity index is 0.784. The van der Waals surface area contributed by atoms with Gasteiger partial charge in [0.05, 0.1) is 38.7 Å². The van der Waals surface area contributed by atoms with Crippen LogP contribution in [0, 0.1) is 5.92 Å². The molecule has 1 atom stereocenters. The van der Waals surface area contributed by atoms with Crippen molar-refractivity contribution < 1.29 is 45.6 Å². The molecule has 5 aliphatic heterocycles. The Labute approximate surface area is 372 Å². The van der Waals surface area contributed by atoms with Crippen LogP contribution in [0.4, 0.5) is 30.2 Å². The van der Waals surface area contributed by atoms with Crippen LogP contribution in [0.3, 0.4) is 0 Å². The van der Waals surface area contributed by atoms with Crippen LogP contribution in [-0.2, 0) is 26.0 Å². The van der Waals surface area contributed by atoms with Crippen LogP contribution in [0.25, 0.3) is 0 Å². The minimum atomic E-state index is -4.63. The number of carbonyl (C=O) groups excluding carboxylic acids is 5. The van der Waals surface area contributed by atoms with Crippen LogP contribution >= 0.6 is 23.2 Å². The van der Waals surface area contributed by atoms with Gasteiger partial charge in [0.1, 0.15) is 6.04 Å². The van der Waals surface area contributed by atoms with Crippen molar-refractivity contribution in [1.82, 2.24) is 24.3 Å². The maximum absolute atomic E-state index is 13.6. The average Bonchev–Trinajstić information content (AvgIpc) is 3.50. The molecular weight excluding hydrogens is 888 g/mol. The van der Waals surface area contributed by atoms with Gasteiger partial charge in [-0.15, -0.1) is 0 Å². The highest BCUT2D eigenvalue weighted by Gasteiger charge is 2.45. The maximum atomic E-state index is 13.6. The lowest BCUT2D eigenvalue weighted by molar-refractivity contribution is -0.138. The van der Waals surface area contributed by atoms with Gasteiger partial charge in [0.25, 0.3) is 17.7 Å². The molecule has 4 fully saturated rings. The van der Waals surface area contributed by atoms with Crippen molar-refractivity contribution in [2.75, 3.05) is 73.8 Å². The van der Waals surface area contributed by atoms with E-state index in [-0.39, 0.29) is 70.1 Å². The van der Waals surface area contributed by atoms with Gasteiger partial charge in [-0.1, -0.05) is 23.2 Å². The molecule has 336 valence electrons. The van der Waals surface area contributed by atoms with Crippen molar-refractivity contribution in [2.24, 2.45) is 5.92 Å². The van der Waals surface area contributed by atoms with Crippen molar-refractivity contribution in [1.29, 1.82) is 0 Å². The molecule has 0 radical (unpaired) electrons. The number of piperazine rings is 1. The first-order valence-electron chi connectivity index (χ1n) is 20.8. The van der Waals surface area contributed by atoms with Crippen LogP contribution in [0.1, 0.15) is 75.2 Å². The third-order valence-electron chi connectivity index (χ3n) is 12.6. The molecule has 63 heavy (non-hydrogen) atoms. The van der Waals surface area contributed by atoms with Crippen LogP contribution in [-0.4, -0.2) is 128 Å². The zero-order valence-corrected chi connectivity index (χ0v) is 36.3. The summed E-state index contributed by atoms with van der Waals surface area (Å²) in [5.74, 6) is -2.41. The highest BCUT2D eigenvalue weighted by atomic mass is 35.5. The summed E-state index contributed by atoms with van der Waals surface area (Å²) < 4.78 is 70.3. The number of anilines is 3. The van der Waals surface area contributed by atoms with Crippen molar-refractivity contribution in [3.05, 3.63) is 86.9 Å². The number of nitrogens with one attached hydrogen (secondary N) is 3. The molecule has 5 amide bonds. The second-order valence-electron chi connectivity index (χ2n) is 16.5. The maximum Gasteiger partial charge on any atom is 0.416 e. The number of alkyl halides is 3. The molecule has 1 unspecified atom stereocenters. The van der Waals surface area contributed by atoms with Crippen LogP contribution in [0.5, 0.6) is 0 Å². The molecule has 5 heterocycles. The number of hydrogen-bond donors (Lipinski definition) is 3. The van der Waals surface area contributed by atoms with E-state index in [1.807, 2.05) is 6.07 Å². The first-order valence-corrected chi connectivity index (χ1v) is 23.0. The summed E-state index contributed by atoms with van der Waals surface area (Å²) in [4.78, 5) is 71.9. The van der Waals surface area contributed by atoms with Gasteiger partial charge in [0, 0.05) is 69.0 Å². The first-order chi connectivity index (χ1) is 29.9. The average molecular weight is 934 g/mol. The monoisotopic (exact) mass is 932 g/mol. The molecule has 8 rings (SSSR count).